The van der Waals surface area contributed by atoms with Gasteiger partial charge < -0.3 is 0 Å². The van der Waals surface area contributed by atoms with Crippen LogP contribution in [0.25, 0.3) is 0 Å². The van der Waals surface area contributed by atoms with Crippen molar-refractivity contribution in [2.75, 3.05) is 10.5 Å². The minimum absolute atomic E-state index is 0.367. The molecule has 1 aromatic heterocycles. The maximum atomic E-state index is 11.1. The van der Waals surface area contributed by atoms with Crippen molar-refractivity contribution in [2.45, 2.75) is 6.92 Å². The van der Waals surface area contributed by atoms with E-state index in [1.165, 1.54) is 6.20 Å². The number of hydrogen-bond donors (Lipinski definition) is 1. The molecule has 0 aromatic carbocycles. The van der Waals surface area contributed by atoms with Gasteiger partial charge in [-0.2, -0.15) is 5.26 Å². The van der Waals surface area contributed by atoms with Crippen molar-refractivity contribution in [2.24, 2.45) is 0 Å². The largest absolute Gasteiger partial charge is 0.281 e. The topological polar surface area (TPSA) is 82.9 Å². The molecule has 0 aliphatic heterocycles. The number of rotatable bonds is 3. The highest BCUT2D eigenvalue weighted by atomic mass is 32.2. The highest BCUT2D eigenvalue weighted by Crippen LogP contribution is 2.07. The number of aromatic nitrogens is 1. The predicted molar refractivity (Wildman–Crippen MR) is 52.0 cm³/mol. The maximum Gasteiger partial charge on any atom is 0.246 e. The first-order valence-electron chi connectivity index (χ1n) is 3.83. The number of nitrogens with zero attached hydrogens (tertiary/aromatic N) is 2. The van der Waals surface area contributed by atoms with Gasteiger partial charge in [0, 0.05) is 5.69 Å². The molecule has 0 atom stereocenters. The fourth-order valence-corrected chi connectivity index (χ4v) is 1.55. The Hall–Kier alpha value is -1.61. The zero-order valence-corrected chi connectivity index (χ0v) is 8.37. The van der Waals surface area contributed by atoms with Crippen LogP contribution < -0.4 is 4.72 Å². The predicted octanol–water partition coefficient (Wildman–Crippen LogP) is 0.655. The molecule has 1 N–H and O–H groups in total. The van der Waals surface area contributed by atoms with Gasteiger partial charge in [0.2, 0.25) is 10.0 Å². The van der Waals surface area contributed by atoms with Gasteiger partial charge in [-0.25, -0.2) is 8.42 Å². The first-order chi connectivity index (χ1) is 6.53. The molecule has 0 spiro atoms. The number of hydrogen-bond acceptors (Lipinski definition) is 4. The van der Waals surface area contributed by atoms with Gasteiger partial charge in [0.1, 0.15) is 0 Å². The molecule has 14 heavy (non-hydrogen) atoms. The van der Waals surface area contributed by atoms with Crippen molar-refractivity contribution >= 4 is 15.7 Å². The molecule has 1 aromatic rings. The van der Waals surface area contributed by atoms with Crippen LogP contribution in [0.4, 0.5) is 5.69 Å². The van der Waals surface area contributed by atoms with E-state index in [0.717, 1.165) is 5.69 Å². The lowest BCUT2D eigenvalue weighted by Crippen LogP contribution is -2.15. The smallest absolute Gasteiger partial charge is 0.246 e. The molecule has 1 heterocycles. The van der Waals surface area contributed by atoms with Crippen LogP contribution in [0.5, 0.6) is 0 Å². The average molecular weight is 211 g/mol. The van der Waals surface area contributed by atoms with E-state index in [1.54, 1.807) is 25.1 Å². The monoisotopic (exact) mass is 211 g/mol. The Kier molecular flexibility index (Phi) is 3.04. The Morgan fingerprint density at radius 3 is 2.79 bits per heavy atom. The molecule has 0 unspecified atom stereocenters. The SMILES string of the molecule is Cc1ccc(NS(=O)(=O)CC#N)cn1. The van der Waals surface area contributed by atoms with Crippen LogP contribution in [0.3, 0.4) is 0 Å². The van der Waals surface area contributed by atoms with Crippen molar-refractivity contribution < 1.29 is 8.42 Å². The highest BCUT2D eigenvalue weighted by Gasteiger charge is 2.08. The van der Waals surface area contributed by atoms with Crippen molar-refractivity contribution in [3.05, 3.63) is 24.0 Å². The molecular weight excluding hydrogens is 202 g/mol. The molecule has 0 fully saturated rings. The van der Waals surface area contributed by atoms with Crippen molar-refractivity contribution in [1.82, 2.24) is 4.98 Å². The molecule has 74 valence electrons. The number of aryl methyl sites for hydroxylation is 1. The number of pyridine rings is 1. The Bertz CT molecular complexity index is 444. The van der Waals surface area contributed by atoms with E-state index in [4.69, 9.17) is 5.26 Å². The zero-order chi connectivity index (χ0) is 10.6. The third kappa shape index (κ3) is 3.03. The van der Waals surface area contributed by atoms with Crippen LogP contribution in [0.2, 0.25) is 0 Å². The maximum absolute atomic E-state index is 11.1. The van der Waals surface area contributed by atoms with Crippen LogP contribution in [0.1, 0.15) is 5.69 Å². The second-order valence-electron chi connectivity index (χ2n) is 2.71. The minimum atomic E-state index is -3.55. The number of nitriles is 1. The van der Waals surface area contributed by atoms with Gasteiger partial charge in [-0.1, -0.05) is 0 Å². The van der Waals surface area contributed by atoms with E-state index in [9.17, 15) is 8.42 Å². The summed E-state index contributed by atoms with van der Waals surface area (Å²) in [6.45, 7) is 1.80. The molecular formula is C8H9N3O2S. The molecule has 0 amide bonds. The number of anilines is 1. The van der Waals surface area contributed by atoms with Crippen LogP contribution >= 0.6 is 0 Å². The zero-order valence-electron chi connectivity index (χ0n) is 7.56. The van der Waals surface area contributed by atoms with Crippen LogP contribution in [0, 0.1) is 18.3 Å². The fraction of sp³-hybridized carbons (Fsp3) is 0.250. The molecule has 6 heteroatoms. The van der Waals surface area contributed by atoms with Gasteiger partial charge >= 0.3 is 0 Å². The second kappa shape index (κ2) is 4.07. The van der Waals surface area contributed by atoms with Gasteiger partial charge in [0.15, 0.2) is 5.75 Å². The van der Waals surface area contributed by atoms with Crippen LogP contribution in [-0.4, -0.2) is 19.2 Å². The molecule has 0 aliphatic carbocycles. The lowest BCUT2D eigenvalue weighted by Gasteiger charge is -2.03. The summed E-state index contributed by atoms with van der Waals surface area (Å²) >= 11 is 0. The van der Waals surface area contributed by atoms with E-state index in [2.05, 4.69) is 9.71 Å². The number of sulfonamides is 1. The second-order valence-corrected chi connectivity index (χ2v) is 4.43. The van der Waals surface area contributed by atoms with Crippen molar-refractivity contribution in [3.8, 4) is 6.07 Å². The van der Waals surface area contributed by atoms with E-state index in [-0.39, 0.29) is 0 Å². The minimum Gasteiger partial charge on any atom is -0.281 e. The average Bonchev–Trinajstić information content (AvgIpc) is 2.08. The Morgan fingerprint density at radius 1 is 1.57 bits per heavy atom. The third-order valence-corrected chi connectivity index (χ3v) is 2.50. The van der Waals surface area contributed by atoms with Gasteiger partial charge in [0.05, 0.1) is 18.0 Å². The molecule has 0 saturated heterocycles. The van der Waals surface area contributed by atoms with Gasteiger partial charge in [0.25, 0.3) is 0 Å². The summed E-state index contributed by atoms with van der Waals surface area (Å²) in [7, 11) is -3.55. The summed E-state index contributed by atoms with van der Waals surface area (Å²) < 4.78 is 24.5. The summed E-state index contributed by atoms with van der Waals surface area (Å²) in [6.07, 6.45) is 1.41. The first-order valence-corrected chi connectivity index (χ1v) is 5.49. The van der Waals surface area contributed by atoms with Crippen LogP contribution in [-0.2, 0) is 10.0 Å². The van der Waals surface area contributed by atoms with Gasteiger partial charge in [-0.05, 0) is 19.1 Å². The normalized spacial score (nSPS) is 10.6. The lowest BCUT2D eigenvalue weighted by atomic mass is 10.4. The van der Waals surface area contributed by atoms with Crippen molar-refractivity contribution in [3.63, 3.8) is 0 Å². The molecule has 1 rings (SSSR count). The molecule has 0 radical (unpaired) electrons. The lowest BCUT2D eigenvalue weighted by molar-refractivity contribution is 0.604. The summed E-state index contributed by atoms with van der Waals surface area (Å²) in [5.74, 6) is -0.555. The third-order valence-electron chi connectivity index (χ3n) is 1.44. The molecule has 0 aliphatic rings. The quantitative estimate of drug-likeness (QED) is 0.795. The van der Waals surface area contributed by atoms with Gasteiger partial charge in [-0.3, -0.25) is 9.71 Å². The summed E-state index contributed by atoms with van der Waals surface area (Å²) in [4.78, 5) is 3.91. The van der Waals surface area contributed by atoms with E-state index < -0.39 is 15.8 Å². The Morgan fingerprint density at radius 2 is 2.29 bits per heavy atom. The standard InChI is InChI=1S/C8H9N3O2S/c1-7-2-3-8(6-10-7)11-14(12,13)5-4-9/h2-3,6,11H,5H2,1H3. The summed E-state index contributed by atoms with van der Waals surface area (Å²) in [5, 5.41) is 8.24. The molecule has 0 bridgehead atoms. The van der Waals surface area contributed by atoms with E-state index in [1.807, 2.05) is 0 Å². The Labute approximate surface area is 82.4 Å². The molecule has 0 saturated carbocycles. The Balaban J connectivity index is 2.80. The summed E-state index contributed by atoms with van der Waals surface area (Å²) in [6, 6.07) is 4.85. The fourth-order valence-electron chi connectivity index (χ4n) is 0.829. The van der Waals surface area contributed by atoms with E-state index >= 15 is 0 Å². The van der Waals surface area contributed by atoms with Gasteiger partial charge in [-0.15, -0.1) is 0 Å². The van der Waals surface area contributed by atoms with Crippen molar-refractivity contribution in [1.29, 1.82) is 5.26 Å². The van der Waals surface area contributed by atoms with Crippen LogP contribution in [0.15, 0.2) is 18.3 Å². The summed E-state index contributed by atoms with van der Waals surface area (Å²) in [5.41, 5.74) is 1.17. The highest BCUT2D eigenvalue weighted by molar-refractivity contribution is 7.92. The number of nitrogens with one attached hydrogen (secondary N) is 1. The first kappa shape index (κ1) is 10.5. The molecule has 5 nitrogen and oxygen atoms in total. The van der Waals surface area contributed by atoms with E-state index in [0.29, 0.717) is 5.69 Å².